The van der Waals surface area contributed by atoms with Gasteiger partial charge in [-0.15, -0.1) is 0 Å². The topological polar surface area (TPSA) is 83.9 Å². The molecule has 1 N–H and O–H groups in total. The van der Waals surface area contributed by atoms with E-state index in [0.717, 1.165) is 31.5 Å². The first-order chi connectivity index (χ1) is 15.9. The van der Waals surface area contributed by atoms with Crippen LogP contribution < -0.4 is 20.7 Å². The Morgan fingerprint density at radius 3 is 2.52 bits per heavy atom. The van der Waals surface area contributed by atoms with E-state index in [0.29, 0.717) is 29.5 Å². The first-order valence-electron chi connectivity index (χ1n) is 11.3. The fourth-order valence-electron chi connectivity index (χ4n) is 4.55. The minimum absolute atomic E-state index is 0.00876. The highest BCUT2D eigenvalue weighted by Gasteiger charge is 2.29. The minimum Gasteiger partial charge on any atom is -0.380 e. The molecule has 0 aliphatic carbocycles. The summed E-state index contributed by atoms with van der Waals surface area (Å²) in [6.07, 6.45) is 3.69. The van der Waals surface area contributed by atoms with Gasteiger partial charge in [-0.25, -0.2) is 4.79 Å². The van der Waals surface area contributed by atoms with Crippen LogP contribution in [0, 0.1) is 0 Å². The van der Waals surface area contributed by atoms with E-state index in [1.54, 1.807) is 17.9 Å². The number of rotatable bonds is 6. The van der Waals surface area contributed by atoms with E-state index in [1.165, 1.54) is 4.90 Å². The molecule has 3 heterocycles. The van der Waals surface area contributed by atoms with E-state index < -0.39 is 6.03 Å². The highest BCUT2D eigenvalue weighted by Crippen LogP contribution is 2.38. The second-order valence-electron chi connectivity index (χ2n) is 8.59. The van der Waals surface area contributed by atoms with Crippen LogP contribution in [0.25, 0.3) is 0 Å². The SMILES string of the molecule is COC(C)Cn1cccc(N2CCC(c3cccc(N4CCC(=O)NC4=O)c3Cl)CC2)c1=O. The number of nitrogens with zero attached hydrogens (tertiary/aromatic N) is 3. The zero-order valence-corrected chi connectivity index (χ0v) is 19.7. The van der Waals surface area contributed by atoms with Gasteiger partial charge in [0.1, 0.15) is 5.69 Å². The summed E-state index contributed by atoms with van der Waals surface area (Å²) in [7, 11) is 1.64. The predicted octanol–water partition coefficient (Wildman–Crippen LogP) is 3.37. The Balaban J connectivity index is 1.48. The number of anilines is 2. The van der Waals surface area contributed by atoms with Crippen LogP contribution in [0.15, 0.2) is 41.3 Å². The summed E-state index contributed by atoms with van der Waals surface area (Å²) in [5.41, 5.74) is 2.32. The van der Waals surface area contributed by atoms with Gasteiger partial charge in [-0.3, -0.25) is 19.8 Å². The van der Waals surface area contributed by atoms with Gasteiger partial charge in [0.05, 0.1) is 23.4 Å². The molecule has 2 aliphatic heterocycles. The number of ether oxygens (including phenoxy) is 1. The van der Waals surface area contributed by atoms with Crippen LogP contribution in [0.5, 0.6) is 0 Å². The molecular weight excluding hydrogens is 444 g/mol. The maximum atomic E-state index is 13.0. The number of hydrogen-bond donors (Lipinski definition) is 1. The zero-order valence-electron chi connectivity index (χ0n) is 18.9. The molecule has 2 fully saturated rings. The average Bonchev–Trinajstić information content (AvgIpc) is 2.81. The standard InChI is InChI=1S/C24H29ClN4O4/c1-16(33-2)15-28-11-4-7-20(23(28)31)27-12-8-17(9-13-27)18-5-3-6-19(22(18)25)29-14-10-21(30)26-24(29)32/h3-7,11,16-17H,8-10,12-15H2,1-2H3,(H,26,30,32). The fraction of sp³-hybridized carbons (Fsp3) is 0.458. The number of amides is 3. The number of carbonyl (C=O) groups is 2. The summed E-state index contributed by atoms with van der Waals surface area (Å²) in [6, 6.07) is 9.05. The quantitative estimate of drug-likeness (QED) is 0.696. The largest absolute Gasteiger partial charge is 0.380 e. The molecule has 1 aromatic carbocycles. The first kappa shape index (κ1) is 23.3. The van der Waals surface area contributed by atoms with Crippen molar-refractivity contribution < 1.29 is 14.3 Å². The molecule has 33 heavy (non-hydrogen) atoms. The van der Waals surface area contributed by atoms with Gasteiger partial charge in [0.2, 0.25) is 5.91 Å². The van der Waals surface area contributed by atoms with Gasteiger partial charge in [-0.2, -0.15) is 0 Å². The Morgan fingerprint density at radius 1 is 1.09 bits per heavy atom. The Bertz CT molecular complexity index is 1090. The zero-order chi connectivity index (χ0) is 23.5. The maximum absolute atomic E-state index is 13.0. The first-order valence-corrected chi connectivity index (χ1v) is 11.6. The van der Waals surface area contributed by atoms with Crippen LogP contribution >= 0.6 is 11.6 Å². The number of nitrogens with one attached hydrogen (secondary N) is 1. The van der Waals surface area contributed by atoms with E-state index in [2.05, 4.69) is 10.2 Å². The molecule has 1 atom stereocenters. The lowest BCUT2D eigenvalue weighted by atomic mass is 9.88. The van der Waals surface area contributed by atoms with Crippen molar-refractivity contribution >= 4 is 34.9 Å². The number of hydrogen-bond acceptors (Lipinski definition) is 5. The van der Waals surface area contributed by atoms with Gasteiger partial charge in [0.15, 0.2) is 0 Å². The second-order valence-corrected chi connectivity index (χ2v) is 8.97. The molecule has 0 radical (unpaired) electrons. The Labute approximate surface area is 198 Å². The van der Waals surface area contributed by atoms with Crippen LogP contribution in [0.4, 0.5) is 16.2 Å². The molecule has 4 rings (SSSR count). The van der Waals surface area contributed by atoms with E-state index >= 15 is 0 Å². The van der Waals surface area contributed by atoms with Gasteiger partial charge in [-0.05, 0) is 49.4 Å². The van der Waals surface area contributed by atoms with E-state index in [-0.39, 0.29) is 29.9 Å². The van der Waals surface area contributed by atoms with Crippen molar-refractivity contribution in [2.45, 2.75) is 44.8 Å². The van der Waals surface area contributed by atoms with Crippen LogP contribution in [-0.4, -0.2) is 49.4 Å². The van der Waals surface area contributed by atoms with Crippen LogP contribution in [0.1, 0.15) is 37.7 Å². The number of pyridine rings is 1. The number of urea groups is 1. The van der Waals surface area contributed by atoms with Crippen molar-refractivity contribution in [1.82, 2.24) is 9.88 Å². The number of imide groups is 1. The van der Waals surface area contributed by atoms with Gasteiger partial charge < -0.3 is 14.2 Å². The van der Waals surface area contributed by atoms with Crippen LogP contribution in [0.2, 0.25) is 5.02 Å². The number of aromatic nitrogens is 1. The molecule has 2 aromatic rings. The van der Waals surface area contributed by atoms with Crippen molar-refractivity contribution in [3.63, 3.8) is 0 Å². The summed E-state index contributed by atoms with van der Waals surface area (Å²) in [5.74, 6) is -0.0461. The maximum Gasteiger partial charge on any atom is 0.328 e. The third-order valence-corrected chi connectivity index (χ3v) is 6.90. The lowest BCUT2D eigenvalue weighted by Gasteiger charge is -2.35. The van der Waals surface area contributed by atoms with Crippen molar-refractivity contribution in [3.05, 3.63) is 57.5 Å². The number of benzene rings is 1. The van der Waals surface area contributed by atoms with Crippen molar-refractivity contribution in [2.24, 2.45) is 0 Å². The molecule has 176 valence electrons. The minimum atomic E-state index is -0.441. The summed E-state index contributed by atoms with van der Waals surface area (Å²) in [5, 5.41) is 2.90. The van der Waals surface area contributed by atoms with Gasteiger partial charge in [-0.1, -0.05) is 23.7 Å². The van der Waals surface area contributed by atoms with E-state index in [9.17, 15) is 14.4 Å². The lowest BCUT2D eigenvalue weighted by molar-refractivity contribution is -0.120. The third-order valence-electron chi connectivity index (χ3n) is 6.48. The van der Waals surface area contributed by atoms with Crippen molar-refractivity contribution in [3.8, 4) is 0 Å². The molecule has 0 bridgehead atoms. The van der Waals surface area contributed by atoms with E-state index in [1.807, 2.05) is 37.3 Å². The smallest absolute Gasteiger partial charge is 0.328 e. The van der Waals surface area contributed by atoms with Crippen molar-refractivity contribution in [2.75, 3.05) is 36.5 Å². The number of halogens is 1. The molecule has 2 aliphatic rings. The number of carbonyl (C=O) groups excluding carboxylic acids is 2. The monoisotopic (exact) mass is 472 g/mol. The molecule has 1 unspecified atom stereocenters. The molecule has 8 nitrogen and oxygen atoms in total. The second kappa shape index (κ2) is 9.97. The van der Waals surface area contributed by atoms with Gasteiger partial charge >= 0.3 is 6.03 Å². The predicted molar refractivity (Wildman–Crippen MR) is 128 cm³/mol. The Kier molecular flexibility index (Phi) is 7.05. The third kappa shape index (κ3) is 4.91. The number of methoxy groups -OCH3 is 1. The van der Waals surface area contributed by atoms with E-state index in [4.69, 9.17) is 16.3 Å². The molecule has 9 heteroatoms. The highest BCUT2D eigenvalue weighted by molar-refractivity contribution is 6.34. The van der Waals surface area contributed by atoms with Crippen LogP contribution in [0.3, 0.4) is 0 Å². The normalized spacial score (nSPS) is 18.4. The van der Waals surface area contributed by atoms with Gasteiger partial charge in [0, 0.05) is 39.4 Å². The fourth-order valence-corrected chi connectivity index (χ4v) is 4.93. The van der Waals surface area contributed by atoms with Crippen LogP contribution in [-0.2, 0) is 16.1 Å². The summed E-state index contributed by atoms with van der Waals surface area (Å²) >= 11 is 6.75. The average molecular weight is 473 g/mol. The molecule has 1 aromatic heterocycles. The highest BCUT2D eigenvalue weighted by atomic mass is 35.5. The molecular formula is C24H29ClN4O4. The molecule has 3 amide bonds. The Morgan fingerprint density at radius 2 is 1.82 bits per heavy atom. The Hall–Kier alpha value is -2.84. The summed E-state index contributed by atoms with van der Waals surface area (Å²) in [6.45, 7) is 4.24. The summed E-state index contributed by atoms with van der Waals surface area (Å²) in [4.78, 5) is 40.4. The van der Waals surface area contributed by atoms with Crippen molar-refractivity contribution in [1.29, 1.82) is 0 Å². The summed E-state index contributed by atoms with van der Waals surface area (Å²) < 4.78 is 7.00. The number of piperidine rings is 1. The molecule has 2 saturated heterocycles. The molecule has 0 spiro atoms. The molecule has 0 saturated carbocycles. The lowest BCUT2D eigenvalue weighted by Crippen LogP contribution is -2.49. The van der Waals surface area contributed by atoms with Gasteiger partial charge in [0.25, 0.3) is 5.56 Å².